The van der Waals surface area contributed by atoms with Crippen LogP contribution in [0, 0.1) is 0 Å². The molecule has 136 valence electrons. The van der Waals surface area contributed by atoms with Gasteiger partial charge in [-0.3, -0.25) is 4.79 Å². The summed E-state index contributed by atoms with van der Waals surface area (Å²) in [5.41, 5.74) is 3.16. The molecule has 0 aliphatic rings. The molecule has 0 spiro atoms. The molecule has 0 aliphatic carbocycles. The van der Waals surface area contributed by atoms with Gasteiger partial charge in [0.15, 0.2) is 6.10 Å². The van der Waals surface area contributed by atoms with E-state index >= 15 is 0 Å². The van der Waals surface area contributed by atoms with Gasteiger partial charge in [0.25, 0.3) is 5.91 Å². The second-order valence-electron chi connectivity index (χ2n) is 5.23. The molecule has 0 saturated carbocycles. The molecular weight excluding hydrogens is 420 g/mol. The molecule has 2 aromatic carbocycles. The predicted molar refractivity (Wildman–Crippen MR) is 107 cm³/mol. The summed E-state index contributed by atoms with van der Waals surface area (Å²) in [6.45, 7) is 5.62. The smallest absolute Gasteiger partial charge is 0.280 e. The summed E-state index contributed by atoms with van der Waals surface area (Å²) in [5, 5.41) is 4.51. The van der Waals surface area contributed by atoms with E-state index in [1.807, 2.05) is 18.2 Å². The summed E-state index contributed by atoms with van der Waals surface area (Å²) in [7, 11) is 0. The molecule has 2 aromatic rings. The summed E-state index contributed by atoms with van der Waals surface area (Å²) in [6, 6.07) is 12.3. The normalized spacial score (nSPS) is 11.8. The SMILES string of the molecule is C=CCOc1ccc(Br)cc1/C=N/NC(=O)C(C)Oc1cccc(Cl)c1. The summed E-state index contributed by atoms with van der Waals surface area (Å²) in [5.74, 6) is 0.760. The molecule has 2 rings (SSSR count). The molecule has 1 amide bonds. The summed E-state index contributed by atoms with van der Waals surface area (Å²) >= 11 is 9.29. The first kappa shape index (κ1) is 20.0. The first-order valence-corrected chi connectivity index (χ1v) is 8.95. The van der Waals surface area contributed by atoms with Crippen molar-refractivity contribution in [2.45, 2.75) is 13.0 Å². The largest absolute Gasteiger partial charge is 0.489 e. The van der Waals surface area contributed by atoms with Crippen molar-refractivity contribution in [3.8, 4) is 11.5 Å². The third-order valence-electron chi connectivity index (χ3n) is 3.19. The zero-order valence-corrected chi connectivity index (χ0v) is 16.5. The number of benzene rings is 2. The molecule has 7 heteroatoms. The Morgan fingerprint density at radius 1 is 1.38 bits per heavy atom. The minimum absolute atomic E-state index is 0.374. The Balaban J connectivity index is 1.97. The number of carbonyl (C=O) groups is 1. The fraction of sp³-hybridized carbons (Fsp3) is 0.158. The highest BCUT2D eigenvalue weighted by Gasteiger charge is 2.14. The number of nitrogens with one attached hydrogen (secondary N) is 1. The van der Waals surface area contributed by atoms with Gasteiger partial charge in [-0.2, -0.15) is 5.10 Å². The number of carbonyl (C=O) groups excluding carboxylic acids is 1. The van der Waals surface area contributed by atoms with Gasteiger partial charge in [0.1, 0.15) is 18.1 Å². The maximum Gasteiger partial charge on any atom is 0.280 e. The number of amides is 1. The number of hydrogen-bond donors (Lipinski definition) is 1. The fourth-order valence-corrected chi connectivity index (χ4v) is 2.51. The van der Waals surface area contributed by atoms with E-state index in [1.54, 1.807) is 37.3 Å². The third kappa shape index (κ3) is 6.20. The van der Waals surface area contributed by atoms with E-state index in [9.17, 15) is 4.79 Å². The van der Waals surface area contributed by atoms with E-state index in [4.69, 9.17) is 21.1 Å². The van der Waals surface area contributed by atoms with E-state index in [1.165, 1.54) is 6.21 Å². The second-order valence-corrected chi connectivity index (χ2v) is 6.59. The van der Waals surface area contributed by atoms with Gasteiger partial charge in [0.2, 0.25) is 0 Å². The van der Waals surface area contributed by atoms with Gasteiger partial charge in [0, 0.05) is 15.1 Å². The average molecular weight is 438 g/mol. The predicted octanol–water partition coefficient (Wildman–Crippen LogP) is 4.58. The number of halogens is 2. The molecule has 0 aromatic heterocycles. The van der Waals surface area contributed by atoms with Crippen LogP contribution in [0.3, 0.4) is 0 Å². The lowest BCUT2D eigenvalue weighted by Gasteiger charge is -2.13. The Morgan fingerprint density at radius 2 is 2.19 bits per heavy atom. The lowest BCUT2D eigenvalue weighted by Crippen LogP contribution is -2.33. The highest BCUT2D eigenvalue weighted by molar-refractivity contribution is 9.10. The maximum absolute atomic E-state index is 12.1. The van der Waals surface area contributed by atoms with E-state index in [-0.39, 0.29) is 5.91 Å². The molecule has 0 bridgehead atoms. The highest BCUT2D eigenvalue weighted by Crippen LogP contribution is 2.22. The molecule has 1 atom stereocenters. The molecule has 0 aliphatic heterocycles. The first-order chi connectivity index (χ1) is 12.5. The molecule has 1 unspecified atom stereocenters. The van der Waals surface area contributed by atoms with Crippen LogP contribution in [0.2, 0.25) is 5.02 Å². The van der Waals surface area contributed by atoms with Gasteiger partial charge in [0.05, 0.1) is 6.21 Å². The van der Waals surface area contributed by atoms with Crippen LogP contribution in [0.25, 0.3) is 0 Å². The Kier molecular flexibility index (Phi) is 7.69. The van der Waals surface area contributed by atoms with Crippen molar-refractivity contribution < 1.29 is 14.3 Å². The Bertz CT molecular complexity index is 811. The Labute approximate surface area is 165 Å². The van der Waals surface area contributed by atoms with Crippen molar-refractivity contribution in [3.63, 3.8) is 0 Å². The molecular formula is C19H18BrClN2O3. The van der Waals surface area contributed by atoms with Crippen LogP contribution in [0.15, 0.2) is 64.7 Å². The van der Waals surface area contributed by atoms with E-state index in [2.05, 4.69) is 33.0 Å². The van der Waals surface area contributed by atoms with E-state index < -0.39 is 6.10 Å². The minimum atomic E-state index is -0.732. The van der Waals surface area contributed by atoms with Crippen molar-refractivity contribution in [2.75, 3.05) is 6.61 Å². The molecule has 0 radical (unpaired) electrons. The molecule has 5 nitrogen and oxygen atoms in total. The minimum Gasteiger partial charge on any atom is -0.489 e. The van der Waals surface area contributed by atoms with Crippen molar-refractivity contribution in [3.05, 3.63) is 70.2 Å². The molecule has 0 fully saturated rings. The number of hydrogen-bond acceptors (Lipinski definition) is 4. The lowest BCUT2D eigenvalue weighted by molar-refractivity contribution is -0.127. The molecule has 1 N–H and O–H groups in total. The monoisotopic (exact) mass is 436 g/mol. The quantitative estimate of drug-likeness (QED) is 0.373. The summed E-state index contributed by atoms with van der Waals surface area (Å²) < 4.78 is 12.0. The van der Waals surface area contributed by atoms with Crippen LogP contribution < -0.4 is 14.9 Å². The van der Waals surface area contributed by atoms with Gasteiger partial charge in [-0.05, 0) is 43.3 Å². The zero-order valence-electron chi connectivity index (χ0n) is 14.1. The lowest BCUT2D eigenvalue weighted by atomic mass is 10.2. The Morgan fingerprint density at radius 3 is 2.92 bits per heavy atom. The van der Waals surface area contributed by atoms with Gasteiger partial charge in [-0.15, -0.1) is 0 Å². The van der Waals surface area contributed by atoms with E-state index in [0.717, 1.165) is 4.47 Å². The maximum atomic E-state index is 12.1. The van der Waals surface area contributed by atoms with Crippen LogP contribution in [-0.4, -0.2) is 24.8 Å². The third-order valence-corrected chi connectivity index (χ3v) is 3.91. The van der Waals surface area contributed by atoms with Crippen LogP contribution in [0.4, 0.5) is 0 Å². The van der Waals surface area contributed by atoms with Crippen molar-refractivity contribution in [1.82, 2.24) is 5.43 Å². The van der Waals surface area contributed by atoms with Crippen LogP contribution in [-0.2, 0) is 4.79 Å². The first-order valence-electron chi connectivity index (χ1n) is 7.78. The summed E-state index contributed by atoms with van der Waals surface area (Å²) in [4.78, 5) is 12.1. The van der Waals surface area contributed by atoms with Crippen LogP contribution in [0.5, 0.6) is 11.5 Å². The molecule has 26 heavy (non-hydrogen) atoms. The second kappa shape index (κ2) is 9.99. The topological polar surface area (TPSA) is 59.9 Å². The van der Waals surface area contributed by atoms with Crippen LogP contribution >= 0.6 is 27.5 Å². The average Bonchev–Trinajstić information content (AvgIpc) is 2.61. The standard InChI is InChI=1S/C19H18BrClN2O3/c1-3-9-25-18-8-7-15(20)10-14(18)12-22-23-19(24)13(2)26-17-6-4-5-16(21)11-17/h3-8,10-13H,1,9H2,2H3,(H,23,24)/b22-12+. The van der Waals surface area contributed by atoms with Gasteiger partial charge in [-0.25, -0.2) is 5.43 Å². The van der Waals surface area contributed by atoms with Crippen molar-refractivity contribution in [1.29, 1.82) is 0 Å². The van der Waals surface area contributed by atoms with E-state index in [0.29, 0.717) is 28.7 Å². The zero-order chi connectivity index (χ0) is 18.9. The molecule has 0 heterocycles. The highest BCUT2D eigenvalue weighted by atomic mass is 79.9. The number of nitrogens with zero attached hydrogens (tertiary/aromatic N) is 1. The van der Waals surface area contributed by atoms with Gasteiger partial charge >= 0.3 is 0 Å². The fourth-order valence-electron chi connectivity index (χ4n) is 1.95. The molecule has 0 saturated heterocycles. The van der Waals surface area contributed by atoms with Crippen molar-refractivity contribution in [2.24, 2.45) is 5.10 Å². The number of hydrazone groups is 1. The van der Waals surface area contributed by atoms with Gasteiger partial charge in [-0.1, -0.05) is 46.3 Å². The number of ether oxygens (including phenoxy) is 2. The van der Waals surface area contributed by atoms with Crippen LogP contribution in [0.1, 0.15) is 12.5 Å². The number of rotatable bonds is 8. The summed E-state index contributed by atoms with van der Waals surface area (Å²) in [6.07, 6.45) is 2.43. The van der Waals surface area contributed by atoms with Gasteiger partial charge < -0.3 is 9.47 Å². The van der Waals surface area contributed by atoms with Crippen molar-refractivity contribution >= 4 is 39.7 Å². The Hall–Kier alpha value is -2.31.